The first-order valence-corrected chi connectivity index (χ1v) is 9.18. The van der Waals surface area contributed by atoms with Crippen molar-refractivity contribution in [2.24, 2.45) is 5.92 Å². The molecule has 0 spiro atoms. The van der Waals surface area contributed by atoms with Crippen LogP contribution in [0.5, 0.6) is 0 Å². The van der Waals surface area contributed by atoms with Gasteiger partial charge in [-0.25, -0.2) is 0 Å². The van der Waals surface area contributed by atoms with E-state index >= 15 is 0 Å². The Morgan fingerprint density at radius 1 is 1.04 bits per heavy atom. The van der Waals surface area contributed by atoms with Crippen LogP contribution in [0, 0.1) is 12.8 Å². The second kappa shape index (κ2) is 9.38. The predicted octanol–water partition coefficient (Wildman–Crippen LogP) is 4.87. The van der Waals surface area contributed by atoms with Gasteiger partial charge < -0.3 is 10.6 Å². The van der Waals surface area contributed by atoms with Crippen molar-refractivity contribution >= 4 is 11.6 Å². The number of benzene rings is 2. The Bertz CT molecular complexity index is 680. The molecule has 3 nitrogen and oxygen atoms in total. The molecule has 0 aliphatic rings. The summed E-state index contributed by atoms with van der Waals surface area (Å²) in [5.74, 6) is 0.567. The third-order valence-corrected chi connectivity index (χ3v) is 4.42. The third kappa shape index (κ3) is 5.71. The molecule has 134 valence electrons. The van der Waals surface area contributed by atoms with Gasteiger partial charge in [0.1, 0.15) is 0 Å². The summed E-state index contributed by atoms with van der Waals surface area (Å²) < 4.78 is 0. The summed E-state index contributed by atoms with van der Waals surface area (Å²) in [4.78, 5) is 12.5. The maximum Gasteiger partial charge on any atom is 0.238 e. The molecule has 0 aromatic heterocycles. The highest BCUT2D eigenvalue weighted by Gasteiger charge is 2.15. The van der Waals surface area contributed by atoms with Crippen molar-refractivity contribution < 1.29 is 4.79 Å². The van der Waals surface area contributed by atoms with Gasteiger partial charge in [0.25, 0.3) is 0 Å². The number of amides is 1. The topological polar surface area (TPSA) is 41.1 Å². The predicted molar refractivity (Wildman–Crippen MR) is 106 cm³/mol. The molecule has 0 aliphatic carbocycles. The number of para-hydroxylation sites is 1. The molecule has 1 amide bonds. The molecule has 0 radical (unpaired) electrons. The van der Waals surface area contributed by atoms with Gasteiger partial charge in [-0.2, -0.15) is 0 Å². The molecule has 3 heteroatoms. The number of anilines is 1. The summed E-state index contributed by atoms with van der Waals surface area (Å²) in [6.45, 7) is 8.87. The van der Waals surface area contributed by atoms with Gasteiger partial charge in [-0.1, -0.05) is 69.3 Å². The molecule has 25 heavy (non-hydrogen) atoms. The minimum absolute atomic E-state index is 0.00804. The van der Waals surface area contributed by atoms with Crippen LogP contribution in [0.3, 0.4) is 0 Å². The quantitative estimate of drug-likeness (QED) is 0.721. The van der Waals surface area contributed by atoms with E-state index in [9.17, 15) is 4.79 Å². The average Bonchev–Trinajstić information content (AvgIpc) is 2.60. The Labute approximate surface area is 151 Å². The fourth-order valence-corrected chi connectivity index (χ4v) is 3.10. The number of aryl methyl sites for hydroxylation is 2. The van der Waals surface area contributed by atoms with E-state index in [1.54, 1.807) is 0 Å². The van der Waals surface area contributed by atoms with Crippen LogP contribution in [0.15, 0.2) is 48.5 Å². The first-order valence-electron chi connectivity index (χ1n) is 9.18. The fraction of sp³-hybridized carbons (Fsp3) is 0.409. The van der Waals surface area contributed by atoms with Gasteiger partial charge in [-0.15, -0.1) is 0 Å². The van der Waals surface area contributed by atoms with Gasteiger partial charge in [0.15, 0.2) is 0 Å². The van der Waals surface area contributed by atoms with Crippen molar-refractivity contribution in [3.05, 3.63) is 65.2 Å². The monoisotopic (exact) mass is 338 g/mol. The highest BCUT2D eigenvalue weighted by atomic mass is 16.1. The van der Waals surface area contributed by atoms with Gasteiger partial charge in [0.2, 0.25) is 5.91 Å². The summed E-state index contributed by atoms with van der Waals surface area (Å²) in [7, 11) is 0. The molecule has 0 heterocycles. The molecular weight excluding hydrogens is 308 g/mol. The number of carbonyl (C=O) groups is 1. The van der Waals surface area contributed by atoms with Crippen LogP contribution in [-0.4, -0.2) is 12.5 Å². The molecule has 1 atom stereocenters. The lowest BCUT2D eigenvalue weighted by molar-refractivity contribution is -0.115. The van der Waals surface area contributed by atoms with E-state index in [0.717, 1.165) is 24.1 Å². The molecule has 0 bridgehead atoms. The number of hydrogen-bond donors (Lipinski definition) is 2. The normalized spacial score (nSPS) is 12.2. The van der Waals surface area contributed by atoms with Crippen LogP contribution in [-0.2, 0) is 11.2 Å². The Morgan fingerprint density at radius 3 is 2.40 bits per heavy atom. The van der Waals surface area contributed by atoms with Gasteiger partial charge in [0.05, 0.1) is 6.54 Å². The SMILES string of the molecule is CCc1cccc(C)c1NC(=O)CN[C@H](CC(C)C)c1ccccc1. The summed E-state index contributed by atoms with van der Waals surface area (Å²) in [6.07, 6.45) is 1.91. The molecule has 2 N–H and O–H groups in total. The Kier molecular flexibility index (Phi) is 7.20. The van der Waals surface area contributed by atoms with Crippen LogP contribution in [0.2, 0.25) is 0 Å². The number of hydrogen-bond acceptors (Lipinski definition) is 2. The molecule has 0 unspecified atom stereocenters. The number of carbonyl (C=O) groups excluding carboxylic acids is 1. The van der Waals surface area contributed by atoms with Gasteiger partial charge in [0, 0.05) is 11.7 Å². The summed E-state index contributed by atoms with van der Waals surface area (Å²) >= 11 is 0. The van der Waals surface area contributed by atoms with E-state index in [4.69, 9.17) is 0 Å². The number of nitrogens with one attached hydrogen (secondary N) is 2. The zero-order chi connectivity index (χ0) is 18.2. The van der Waals surface area contributed by atoms with Crippen molar-refractivity contribution in [3.63, 3.8) is 0 Å². The lowest BCUT2D eigenvalue weighted by Gasteiger charge is -2.21. The zero-order valence-corrected chi connectivity index (χ0v) is 15.8. The summed E-state index contributed by atoms with van der Waals surface area (Å²) in [5, 5.41) is 6.52. The molecule has 2 rings (SSSR count). The average molecular weight is 338 g/mol. The second-order valence-corrected chi connectivity index (χ2v) is 6.98. The largest absolute Gasteiger partial charge is 0.324 e. The summed E-state index contributed by atoms with van der Waals surface area (Å²) in [6, 6.07) is 16.7. The van der Waals surface area contributed by atoms with Crippen molar-refractivity contribution in [1.82, 2.24) is 5.32 Å². The van der Waals surface area contributed by atoms with Crippen LogP contribution >= 0.6 is 0 Å². The molecule has 2 aromatic rings. The van der Waals surface area contributed by atoms with Crippen molar-refractivity contribution in [2.75, 3.05) is 11.9 Å². The first-order chi connectivity index (χ1) is 12.0. The zero-order valence-electron chi connectivity index (χ0n) is 15.8. The van der Waals surface area contributed by atoms with Crippen LogP contribution < -0.4 is 10.6 Å². The Hall–Kier alpha value is -2.13. The lowest BCUT2D eigenvalue weighted by atomic mass is 9.97. The van der Waals surface area contributed by atoms with Crippen molar-refractivity contribution in [3.8, 4) is 0 Å². The Morgan fingerprint density at radius 2 is 1.76 bits per heavy atom. The number of rotatable bonds is 8. The third-order valence-electron chi connectivity index (χ3n) is 4.42. The minimum atomic E-state index is 0.00804. The van der Waals surface area contributed by atoms with E-state index in [-0.39, 0.29) is 11.9 Å². The lowest BCUT2D eigenvalue weighted by Crippen LogP contribution is -2.32. The van der Waals surface area contributed by atoms with E-state index in [0.29, 0.717) is 12.5 Å². The smallest absolute Gasteiger partial charge is 0.238 e. The van der Waals surface area contributed by atoms with Crippen molar-refractivity contribution in [2.45, 2.75) is 46.6 Å². The molecule has 0 saturated heterocycles. The highest BCUT2D eigenvalue weighted by Crippen LogP contribution is 2.22. The fourth-order valence-electron chi connectivity index (χ4n) is 3.10. The molecule has 0 fully saturated rings. The van der Waals surface area contributed by atoms with E-state index in [1.165, 1.54) is 11.1 Å². The van der Waals surface area contributed by atoms with Gasteiger partial charge in [-0.05, 0) is 42.4 Å². The van der Waals surface area contributed by atoms with Gasteiger partial charge >= 0.3 is 0 Å². The summed E-state index contributed by atoms with van der Waals surface area (Å²) in [5.41, 5.74) is 4.47. The molecule has 0 aliphatic heterocycles. The maximum absolute atomic E-state index is 12.5. The van der Waals surface area contributed by atoms with Crippen LogP contribution in [0.4, 0.5) is 5.69 Å². The van der Waals surface area contributed by atoms with Crippen molar-refractivity contribution in [1.29, 1.82) is 0 Å². The Balaban J connectivity index is 2.02. The van der Waals surface area contributed by atoms with Crippen LogP contribution in [0.25, 0.3) is 0 Å². The van der Waals surface area contributed by atoms with Crippen LogP contribution in [0.1, 0.15) is 49.9 Å². The first kappa shape index (κ1) is 19.2. The van der Waals surface area contributed by atoms with Gasteiger partial charge in [-0.3, -0.25) is 4.79 Å². The highest BCUT2D eigenvalue weighted by molar-refractivity contribution is 5.93. The second-order valence-electron chi connectivity index (χ2n) is 6.98. The van der Waals surface area contributed by atoms with E-state index in [2.05, 4.69) is 49.6 Å². The standard InChI is InChI=1S/C22H30N2O/c1-5-18-13-9-10-17(4)22(18)24-21(25)15-23-20(14-16(2)3)19-11-7-6-8-12-19/h6-13,16,20,23H,5,14-15H2,1-4H3,(H,24,25)/t20-/m1/s1. The van der Waals surface area contributed by atoms with E-state index < -0.39 is 0 Å². The maximum atomic E-state index is 12.5. The molecule has 0 saturated carbocycles. The van der Waals surface area contributed by atoms with E-state index in [1.807, 2.05) is 37.3 Å². The minimum Gasteiger partial charge on any atom is -0.324 e. The molecule has 2 aromatic carbocycles. The molecular formula is C22H30N2O.